The average Bonchev–Trinajstić information content (AvgIpc) is 3.02. The summed E-state index contributed by atoms with van der Waals surface area (Å²) in [6.45, 7) is 0.909. The third-order valence-electron chi connectivity index (χ3n) is 7.77. The maximum absolute atomic E-state index is 14.0. The molecular formula is C35H37N2O4+. The second-order valence-electron chi connectivity index (χ2n) is 11.0. The highest BCUT2D eigenvalue weighted by molar-refractivity contribution is 5.83. The number of rotatable bonds is 9. The van der Waals surface area contributed by atoms with Crippen LogP contribution in [0.5, 0.6) is 0 Å². The first kappa shape index (κ1) is 28.1. The van der Waals surface area contributed by atoms with E-state index in [2.05, 4.69) is 26.2 Å². The summed E-state index contributed by atoms with van der Waals surface area (Å²) >= 11 is 0. The van der Waals surface area contributed by atoms with E-state index < -0.39 is 30.3 Å². The highest BCUT2D eigenvalue weighted by Crippen LogP contribution is 2.43. The molecule has 0 aromatic heterocycles. The number of carbonyl (C=O) groups is 2. The molecule has 0 saturated carbocycles. The fourth-order valence-electron chi connectivity index (χ4n) is 5.53. The molecule has 0 unspecified atom stereocenters. The van der Waals surface area contributed by atoms with Crippen molar-refractivity contribution in [1.29, 1.82) is 0 Å². The number of hydrogen-bond acceptors (Lipinski definition) is 4. The van der Waals surface area contributed by atoms with Crippen molar-refractivity contribution in [1.82, 2.24) is 9.38 Å². The van der Waals surface area contributed by atoms with E-state index in [1.54, 1.807) is 4.90 Å². The number of cyclic esters (lactones) is 1. The van der Waals surface area contributed by atoms with Crippen LogP contribution in [0, 0.1) is 0 Å². The molecule has 4 aromatic rings. The van der Waals surface area contributed by atoms with Gasteiger partial charge in [0.05, 0.1) is 20.6 Å². The lowest BCUT2D eigenvalue weighted by molar-refractivity contribution is -0.173. The summed E-state index contributed by atoms with van der Waals surface area (Å²) in [5.41, 5.74) is 3.78. The summed E-state index contributed by atoms with van der Waals surface area (Å²) in [4.78, 5) is 29.3. The number of quaternary nitrogens is 1. The molecule has 1 heterocycles. The van der Waals surface area contributed by atoms with Gasteiger partial charge in [0.1, 0.15) is 24.4 Å². The molecular weight excluding hydrogens is 512 g/mol. The normalized spacial score (nSPS) is 18.9. The van der Waals surface area contributed by atoms with Crippen molar-refractivity contribution in [2.45, 2.75) is 37.6 Å². The number of amides is 1. The van der Waals surface area contributed by atoms with Gasteiger partial charge in [0.2, 0.25) is 0 Å². The Morgan fingerprint density at radius 1 is 0.780 bits per heavy atom. The number of benzene rings is 4. The average molecular weight is 550 g/mol. The predicted octanol–water partition coefficient (Wildman–Crippen LogP) is 7.08. The summed E-state index contributed by atoms with van der Waals surface area (Å²) in [5, 5.41) is 0. The largest absolute Gasteiger partial charge is 0.453 e. The standard InChI is InChI=1S/C35H37N2O4/c1-37(2,30-22-13-6-14-23-30)25-15-24-31-34(38)41-33(29-20-11-5-12-21-29)32(28-18-9-4-10-19-28)36(31)35(39)40-26-27-16-7-3-8-17-27/h3-14,16-23,31-33H,15,24-26H2,1-2H3/q+1/t31-,32-,33+/m0/s1. The van der Waals surface area contributed by atoms with Gasteiger partial charge < -0.3 is 9.47 Å². The molecule has 4 aromatic carbocycles. The quantitative estimate of drug-likeness (QED) is 0.165. The van der Waals surface area contributed by atoms with Crippen LogP contribution >= 0.6 is 0 Å². The van der Waals surface area contributed by atoms with Crippen LogP contribution < -0.4 is 4.48 Å². The number of para-hydroxylation sites is 1. The van der Waals surface area contributed by atoms with Crippen molar-refractivity contribution in [2.75, 3.05) is 20.6 Å². The maximum Gasteiger partial charge on any atom is 0.411 e. The fourth-order valence-corrected chi connectivity index (χ4v) is 5.53. The first-order chi connectivity index (χ1) is 19.9. The fraction of sp³-hybridized carbons (Fsp3) is 0.257. The summed E-state index contributed by atoms with van der Waals surface area (Å²) in [6, 6.07) is 37.9. The van der Waals surface area contributed by atoms with Gasteiger partial charge >= 0.3 is 12.1 Å². The predicted molar refractivity (Wildman–Crippen MR) is 161 cm³/mol. The molecule has 210 valence electrons. The Labute approximate surface area is 242 Å². The van der Waals surface area contributed by atoms with Crippen molar-refractivity contribution < 1.29 is 19.1 Å². The summed E-state index contributed by atoms with van der Waals surface area (Å²) < 4.78 is 12.7. The first-order valence-corrected chi connectivity index (χ1v) is 14.1. The summed E-state index contributed by atoms with van der Waals surface area (Å²) in [6.07, 6.45) is -0.0226. The molecule has 1 amide bonds. The molecule has 1 aliphatic rings. The minimum atomic E-state index is -0.779. The minimum Gasteiger partial charge on any atom is -0.453 e. The van der Waals surface area contributed by atoms with Crippen LogP contribution in [-0.2, 0) is 20.9 Å². The zero-order valence-corrected chi connectivity index (χ0v) is 23.6. The molecule has 0 N–H and O–H groups in total. The van der Waals surface area contributed by atoms with Crippen LogP contribution in [-0.4, -0.2) is 43.6 Å². The lowest BCUT2D eigenvalue weighted by Crippen LogP contribution is -2.54. The number of hydrogen-bond donors (Lipinski definition) is 0. The topological polar surface area (TPSA) is 55.8 Å². The molecule has 0 radical (unpaired) electrons. The lowest BCUT2D eigenvalue weighted by Gasteiger charge is -2.45. The Morgan fingerprint density at radius 2 is 1.32 bits per heavy atom. The van der Waals surface area contributed by atoms with Gasteiger partial charge in [-0.1, -0.05) is 109 Å². The monoisotopic (exact) mass is 549 g/mol. The van der Waals surface area contributed by atoms with Gasteiger partial charge in [-0.25, -0.2) is 9.59 Å². The third-order valence-corrected chi connectivity index (χ3v) is 7.77. The van der Waals surface area contributed by atoms with Gasteiger partial charge in [-0.15, -0.1) is 0 Å². The Bertz CT molecular complexity index is 1410. The van der Waals surface area contributed by atoms with Crippen molar-refractivity contribution in [2.24, 2.45) is 0 Å². The van der Waals surface area contributed by atoms with Crippen molar-refractivity contribution in [3.05, 3.63) is 138 Å². The molecule has 0 spiro atoms. The number of ether oxygens (including phenoxy) is 2. The lowest BCUT2D eigenvalue weighted by atomic mass is 9.90. The van der Waals surface area contributed by atoms with Gasteiger partial charge in [-0.3, -0.25) is 9.38 Å². The molecule has 0 aliphatic carbocycles. The van der Waals surface area contributed by atoms with Gasteiger partial charge in [-0.05, 0) is 41.7 Å². The summed E-state index contributed by atoms with van der Waals surface area (Å²) in [5.74, 6) is -0.410. The molecule has 6 heteroatoms. The van der Waals surface area contributed by atoms with Crippen LogP contribution in [0.4, 0.5) is 10.5 Å². The van der Waals surface area contributed by atoms with Gasteiger partial charge in [-0.2, -0.15) is 0 Å². The second-order valence-corrected chi connectivity index (χ2v) is 11.0. The van der Waals surface area contributed by atoms with Crippen LogP contribution in [0.2, 0.25) is 0 Å². The molecule has 1 saturated heterocycles. The number of esters is 1. The summed E-state index contributed by atoms with van der Waals surface area (Å²) in [7, 11) is 4.30. The van der Waals surface area contributed by atoms with E-state index in [4.69, 9.17) is 9.47 Å². The van der Waals surface area contributed by atoms with E-state index in [9.17, 15) is 9.59 Å². The van der Waals surface area contributed by atoms with Crippen molar-refractivity contribution in [3.63, 3.8) is 0 Å². The van der Waals surface area contributed by atoms with Gasteiger partial charge in [0, 0.05) is 0 Å². The molecule has 41 heavy (non-hydrogen) atoms. The Hall–Kier alpha value is -4.42. The third kappa shape index (κ3) is 6.67. The van der Waals surface area contributed by atoms with Crippen LogP contribution in [0.15, 0.2) is 121 Å². The molecule has 5 rings (SSSR count). The van der Waals surface area contributed by atoms with Crippen LogP contribution in [0.3, 0.4) is 0 Å². The van der Waals surface area contributed by atoms with Crippen molar-refractivity contribution in [3.8, 4) is 0 Å². The van der Waals surface area contributed by atoms with E-state index in [0.29, 0.717) is 17.3 Å². The van der Waals surface area contributed by atoms with Crippen molar-refractivity contribution >= 4 is 17.7 Å². The van der Waals surface area contributed by atoms with E-state index in [0.717, 1.165) is 23.2 Å². The van der Waals surface area contributed by atoms with E-state index in [-0.39, 0.29) is 6.61 Å². The Kier molecular flexibility index (Phi) is 8.80. The van der Waals surface area contributed by atoms with E-state index in [1.807, 2.05) is 109 Å². The molecule has 0 bridgehead atoms. The molecule has 6 nitrogen and oxygen atoms in total. The maximum atomic E-state index is 14.0. The van der Waals surface area contributed by atoms with Gasteiger partial charge in [0.15, 0.2) is 6.10 Å². The van der Waals surface area contributed by atoms with Crippen LogP contribution in [0.25, 0.3) is 0 Å². The Morgan fingerprint density at radius 3 is 1.93 bits per heavy atom. The smallest absolute Gasteiger partial charge is 0.411 e. The van der Waals surface area contributed by atoms with E-state index in [1.165, 1.54) is 5.69 Å². The number of nitrogens with zero attached hydrogens (tertiary/aromatic N) is 2. The first-order valence-electron chi connectivity index (χ1n) is 14.1. The van der Waals surface area contributed by atoms with E-state index >= 15 is 0 Å². The number of morpholine rings is 1. The van der Waals surface area contributed by atoms with Crippen LogP contribution in [0.1, 0.15) is 41.7 Å². The molecule has 3 atom stereocenters. The highest BCUT2D eigenvalue weighted by atomic mass is 16.6. The molecule has 1 fully saturated rings. The molecule has 1 aliphatic heterocycles. The highest BCUT2D eigenvalue weighted by Gasteiger charge is 2.48. The zero-order valence-electron chi connectivity index (χ0n) is 23.6. The second kappa shape index (κ2) is 12.8. The van der Waals surface area contributed by atoms with Gasteiger partial charge in [0.25, 0.3) is 0 Å². The zero-order chi connectivity index (χ0) is 28.7. The Balaban J connectivity index is 1.46. The number of carbonyl (C=O) groups excluding carboxylic acids is 2. The SMILES string of the molecule is C[N+](C)(CCC[C@H]1C(=O)O[C@H](c2ccccc2)[C@H](c2ccccc2)N1C(=O)OCc1ccccc1)c1ccccc1. The minimum absolute atomic E-state index is 0.118.